The van der Waals surface area contributed by atoms with E-state index in [0.717, 1.165) is 12.0 Å². The van der Waals surface area contributed by atoms with Crippen molar-refractivity contribution in [2.24, 2.45) is 0 Å². The molecular formula is C19H19N3O2S. The number of nitrogens with zero attached hydrogens (tertiary/aromatic N) is 2. The zero-order chi connectivity index (χ0) is 17.6. The second-order valence-corrected chi connectivity index (χ2v) is 7.00. The molecule has 0 aliphatic carbocycles. The monoisotopic (exact) mass is 353 g/mol. The molecule has 1 aromatic heterocycles. The summed E-state index contributed by atoms with van der Waals surface area (Å²) in [4.78, 5) is 24.5. The standard InChI is InChI=1S/C19H19N3O2S/c1-14(17(23)16-10-6-3-7-11-16)25-19-21-20-18(24)22(19)13-12-15-8-4-2-5-9-15/h2-11,14H,12-13H2,1H3,(H,20,24). The van der Waals surface area contributed by atoms with Gasteiger partial charge in [-0.15, -0.1) is 5.10 Å². The highest BCUT2D eigenvalue weighted by Crippen LogP contribution is 2.23. The molecule has 5 nitrogen and oxygen atoms in total. The van der Waals surface area contributed by atoms with E-state index < -0.39 is 0 Å². The number of hydrogen-bond donors (Lipinski definition) is 1. The summed E-state index contributed by atoms with van der Waals surface area (Å²) in [5, 5.41) is 6.78. The largest absolute Gasteiger partial charge is 0.343 e. The number of aromatic nitrogens is 3. The predicted octanol–water partition coefficient (Wildman–Crippen LogP) is 3.18. The van der Waals surface area contributed by atoms with Crippen molar-refractivity contribution in [2.45, 2.75) is 30.3 Å². The average molecular weight is 353 g/mol. The van der Waals surface area contributed by atoms with Crippen molar-refractivity contribution in [1.82, 2.24) is 14.8 Å². The Morgan fingerprint density at radius 1 is 1.12 bits per heavy atom. The molecule has 128 valence electrons. The first-order valence-electron chi connectivity index (χ1n) is 8.10. The van der Waals surface area contributed by atoms with Crippen molar-refractivity contribution in [3.05, 3.63) is 82.3 Å². The number of H-pyrrole nitrogens is 1. The molecule has 0 aliphatic rings. The first-order valence-corrected chi connectivity index (χ1v) is 8.98. The summed E-state index contributed by atoms with van der Waals surface area (Å²) in [6.45, 7) is 2.36. The number of benzene rings is 2. The summed E-state index contributed by atoms with van der Waals surface area (Å²) in [6.07, 6.45) is 0.731. The molecule has 1 unspecified atom stereocenters. The summed E-state index contributed by atoms with van der Waals surface area (Å²) in [5.74, 6) is 0.0238. The number of aromatic amines is 1. The Hall–Kier alpha value is -2.60. The predicted molar refractivity (Wildman–Crippen MR) is 99.1 cm³/mol. The maximum absolute atomic E-state index is 12.5. The molecule has 25 heavy (non-hydrogen) atoms. The van der Waals surface area contributed by atoms with Gasteiger partial charge in [0.15, 0.2) is 10.9 Å². The van der Waals surface area contributed by atoms with Crippen molar-refractivity contribution in [2.75, 3.05) is 0 Å². The first kappa shape index (κ1) is 17.2. The van der Waals surface area contributed by atoms with Gasteiger partial charge in [-0.3, -0.25) is 9.36 Å². The molecule has 0 spiro atoms. The zero-order valence-electron chi connectivity index (χ0n) is 13.9. The quantitative estimate of drug-likeness (QED) is 0.523. The number of carbonyl (C=O) groups is 1. The Labute approximate surface area is 150 Å². The van der Waals surface area contributed by atoms with Crippen LogP contribution in [-0.4, -0.2) is 25.8 Å². The Kier molecular flexibility index (Phi) is 5.50. The molecule has 0 bridgehead atoms. The number of Topliss-reactive ketones (excluding diaryl/α,β-unsaturated/α-hetero) is 1. The van der Waals surface area contributed by atoms with Gasteiger partial charge < -0.3 is 0 Å². The van der Waals surface area contributed by atoms with Crippen molar-refractivity contribution < 1.29 is 4.79 Å². The molecule has 2 aromatic carbocycles. The minimum absolute atomic E-state index is 0.0238. The van der Waals surface area contributed by atoms with E-state index in [4.69, 9.17) is 0 Å². The maximum Gasteiger partial charge on any atom is 0.343 e. The van der Waals surface area contributed by atoms with Crippen molar-refractivity contribution in [3.63, 3.8) is 0 Å². The molecule has 1 heterocycles. The van der Waals surface area contributed by atoms with Crippen LogP contribution < -0.4 is 5.69 Å². The summed E-state index contributed by atoms with van der Waals surface area (Å²) >= 11 is 1.30. The second kappa shape index (κ2) is 7.98. The molecule has 1 atom stereocenters. The minimum atomic E-state index is -0.326. The fourth-order valence-corrected chi connectivity index (χ4v) is 3.48. The van der Waals surface area contributed by atoms with Crippen LogP contribution >= 0.6 is 11.8 Å². The van der Waals surface area contributed by atoms with E-state index in [9.17, 15) is 9.59 Å². The highest BCUT2D eigenvalue weighted by Gasteiger charge is 2.20. The second-order valence-electron chi connectivity index (χ2n) is 5.69. The van der Waals surface area contributed by atoms with Gasteiger partial charge in [-0.1, -0.05) is 72.4 Å². The zero-order valence-corrected chi connectivity index (χ0v) is 14.7. The van der Waals surface area contributed by atoms with Crippen LogP contribution in [0.1, 0.15) is 22.8 Å². The van der Waals surface area contributed by atoms with E-state index in [0.29, 0.717) is 17.3 Å². The number of thioether (sulfide) groups is 1. The number of carbonyl (C=O) groups excluding carboxylic acids is 1. The van der Waals surface area contributed by atoms with Gasteiger partial charge in [0.2, 0.25) is 0 Å². The fourth-order valence-electron chi connectivity index (χ4n) is 2.52. The van der Waals surface area contributed by atoms with Gasteiger partial charge in [0, 0.05) is 12.1 Å². The summed E-state index contributed by atoms with van der Waals surface area (Å²) in [5.41, 5.74) is 1.56. The third-order valence-electron chi connectivity index (χ3n) is 3.90. The average Bonchev–Trinajstić information content (AvgIpc) is 3.00. The summed E-state index contributed by atoms with van der Waals surface area (Å²) < 4.78 is 1.59. The SMILES string of the molecule is CC(Sc1n[nH]c(=O)n1CCc1ccccc1)C(=O)c1ccccc1. The topological polar surface area (TPSA) is 67.8 Å². The lowest BCUT2D eigenvalue weighted by atomic mass is 10.1. The van der Waals surface area contributed by atoms with Gasteiger partial charge in [-0.25, -0.2) is 9.89 Å². The molecule has 0 saturated carbocycles. The number of ketones is 1. The van der Waals surface area contributed by atoms with Gasteiger partial charge in [0.1, 0.15) is 0 Å². The first-order chi connectivity index (χ1) is 12.1. The van der Waals surface area contributed by atoms with Gasteiger partial charge in [0.25, 0.3) is 0 Å². The third-order valence-corrected chi connectivity index (χ3v) is 4.99. The van der Waals surface area contributed by atoms with Crippen LogP contribution in [0, 0.1) is 0 Å². The van der Waals surface area contributed by atoms with Gasteiger partial charge in [-0.05, 0) is 18.9 Å². The fraction of sp³-hybridized carbons (Fsp3) is 0.211. The van der Waals surface area contributed by atoms with E-state index in [-0.39, 0.29) is 16.7 Å². The van der Waals surface area contributed by atoms with Gasteiger partial charge in [0.05, 0.1) is 5.25 Å². The molecule has 0 radical (unpaired) electrons. The van der Waals surface area contributed by atoms with Crippen LogP contribution in [0.4, 0.5) is 0 Å². The van der Waals surface area contributed by atoms with Crippen LogP contribution in [0.2, 0.25) is 0 Å². The third kappa shape index (κ3) is 4.28. The van der Waals surface area contributed by atoms with Crippen LogP contribution in [0.25, 0.3) is 0 Å². The Balaban J connectivity index is 1.71. The highest BCUT2D eigenvalue weighted by atomic mass is 32.2. The summed E-state index contributed by atoms with van der Waals surface area (Å²) in [6, 6.07) is 19.1. The number of hydrogen-bond acceptors (Lipinski definition) is 4. The molecule has 0 saturated heterocycles. The Morgan fingerprint density at radius 2 is 1.76 bits per heavy atom. The van der Waals surface area contributed by atoms with Crippen molar-refractivity contribution >= 4 is 17.5 Å². The maximum atomic E-state index is 12.5. The Morgan fingerprint density at radius 3 is 2.44 bits per heavy atom. The van der Waals surface area contributed by atoms with Gasteiger partial charge >= 0.3 is 5.69 Å². The number of rotatable bonds is 7. The summed E-state index contributed by atoms with van der Waals surface area (Å²) in [7, 11) is 0. The molecule has 3 aromatic rings. The molecule has 0 aliphatic heterocycles. The van der Waals surface area contributed by atoms with E-state index >= 15 is 0 Å². The minimum Gasteiger partial charge on any atom is -0.293 e. The normalized spacial score (nSPS) is 12.0. The molecule has 0 fully saturated rings. The lowest BCUT2D eigenvalue weighted by Crippen LogP contribution is -2.20. The smallest absolute Gasteiger partial charge is 0.293 e. The Bertz CT molecular complexity index is 888. The van der Waals surface area contributed by atoms with Crippen molar-refractivity contribution in [1.29, 1.82) is 0 Å². The highest BCUT2D eigenvalue weighted by molar-refractivity contribution is 8.00. The number of aryl methyl sites for hydroxylation is 1. The van der Waals surface area contributed by atoms with Crippen LogP contribution in [-0.2, 0) is 13.0 Å². The lowest BCUT2D eigenvalue weighted by Gasteiger charge is -2.11. The molecule has 6 heteroatoms. The van der Waals surface area contributed by atoms with E-state index in [1.165, 1.54) is 11.8 Å². The molecular weight excluding hydrogens is 334 g/mol. The van der Waals surface area contributed by atoms with E-state index in [2.05, 4.69) is 10.2 Å². The lowest BCUT2D eigenvalue weighted by molar-refractivity contribution is 0.0994. The van der Waals surface area contributed by atoms with Crippen molar-refractivity contribution in [3.8, 4) is 0 Å². The van der Waals surface area contributed by atoms with Gasteiger partial charge in [-0.2, -0.15) is 0 Å². The molecule has 1 N–H and O–H groups in total. The van der Waals surface area contributed by atoms with Crippen LogP contribution in [0.5, 0.6) is 0 Å². The van der Waals surface area contributed by atoms with E-state index in [1.807, 2.05) is 55.5 Å². The van der Waals surface area contributed by atoms with Crippen LogP contribution in [0.15, 0.2) is 70.6 Å². The number of nitrogens with one attached hydrogen (secondary N) is 1. The van der Waals surface area contributed by atoms with E-state index in [1.54, 1.807) is 16.7 Å². The molecule has 3 rings (SSSR count). The van der Waals surface area contributed by atoms with Crippen LogP contribution in [0.3, 0.4) is 0 Å². The molecule has 0 amide bonds.